The number of ether oxygens (including phenoxy) is 1. The molecule has 0 aliphatic rings. The van der Waals surface area contributed by atoms with E-state index in [1.807, 2.05) is 19.1 Å². The van der Waals surface area contributed by atoms with Crippen molar-refractivity contribution in [2.24, 2.45) is 0 Å². The molecule has 2 nitrogen and oxygen atoms in total. The van der Waals surface area contributed by atoms with Crippen LogP contribution >= 0.6 is 11.6 Å². The van der Waals surface area contributed by atoms with Crippen LogP contribution in [0.4, 0.5) is 0 Å². The number of pyridine rings is 1. The van der Waals surface area contributed by atoms with Crippen molar-refractivity contribution in [2.75, 3.05) is 6.61 Å². The molecule has 0 spiro atoms. The first-order chi connectivity index (χ1) is 6.83. The standard InChI is InChI=1S/C11H9ClNO/c1-2-14-10-6-5-9(12)8-4-3-7-13-11(8)10/h3-5,7H,2H2,1H3. The predicted molar refractivity (Wildman–Crippen MR) is 56.8 cm³/mol. The summed E-state index contributed by atoms with van der Waals surface area (Å²) in [5, 5.41) is 1.55. The number of rotatable bonds is 2. The van der Waals surface area contributed by atoms with Gasteiger partial charge in [-0.3, -0.25) is 4.98 Å². The second-order valence-electron chi connectivity index (χ2n) is 2.80. The van der Waals surface area contributed by atoms with Gasteiger partial charge in [-0.05, 0) is 25.1 Å². The van der Waals surface area contributed by atoms with Gasteiger partial charge in [0, 0.05) is 17.6 Å². The molecule has 2 aromatic rings. The molecule has 71 valence electrons. The number of hydrogen-bond acceptors (Lipinski definition) is 2. The zero-order chi connectivity index (χ0) is 9.97. The number of benzene rings is 1. The molecule has 0 bridgehead atoms. The third-order valence-corrected chi connectivity index (χ3v) is 2.21. The highest BCUT2D eigenvalue weighted by Crippen LogP contribution is 2.28. The second kappa shape index (κ2) is 3.84. The van der Waals surface area contributed by atoms with Gasteiger partial charge in [0.2, 0.25) is 0 Å². The molecule has 2 rings (SSSR count). The van der Waals surface area contributed by atoms with Crippen LogP contribution in [0.2, 0.25) is 5.02 Å². The molecular formula is C11H9ClNO. The monoisotopic (exact) mass is 206 g/mol. The molecule has 0 saturated heterocycles. The Morgan fingerprint density at radius 1 is 1.57 bits per heavy atom. The van der Waals surface area contributed by atoms with E-state index in [4.69, 9.17) is 16.3 Å². The van der Waals surface area contributed by atoms with Crippen LogP contribution in [-0.2, 0) is 0 Å². The van der Waals surface area contributed by atoms with Gasteiger partial charge in [0.15, 0.2) is 5.75 Å². The number of halogens is 1. The maximum atomic E-state index is 6.00. The van der Waals surface area contributed by atoms with Gasteiger partial charge in [-0.15, -0.1) is 0 Å². The Kier molecular flexibility index (Phi) is 2.55. The number of aromatic nitrogens is 1. The fraction of sp³-hybridized carbons (Fsp3) is 0.182. The summed E-state index contributed by atoms with van der Waals surface area (Å²) in [5.41, 5.74) is 0.766. The molecule has 1 radical (unpaired) electrons. The Balaban J connectivity index is 2.68. The molecule has 14 heavy (non-hydrogen) atoms. The van der Waals surface area contributed by atoms with Crippen molar-refractivity contribution in [3.8, 4) is 5.75 Å². The first kappa shape index (κ1) is 9.28. The number of hydrogen-bond donors (Lipinski definition) is 0. The van der Waals surface area contributed by atoms with Crippen molar-refractivity contribution >= 4 is 22.5 Å². The van der Waals surface area contributed by atoms with Crippen LogP contribution in [-0.4, -0.2) is 11.6 Å². The van der Waals surface area contributed by atoms with Gasteiger partial charge in [-0.2, -0.15) is 0 Å². The average Bonchev–Trinajstić information content (AvgIpc) is 2.23. The van der Waals surface area contributed by atoms with Gasteiger partial charge in [-0.25, -0.2) is 0 Å². The largest absolute Gasteiger partial charge is 0.491 e. The van der Waals surface area contributed by atoms with Crippen molar-refractivity contribution in [2.45, 2.75) is 6.92 Å². The highest BCUT2D eigenvalue weighted by Gasteiger charge is 2.05. The van der Waals surface area contributed by atoms with E-state index in [2.05, 4.69) is 11.1 Å². The van der Waals surface area contributed by atoms with E-state index in [0.29, 0.717) is 17.4 Å². The van der Waals surface area contributed by atoms with E-state index >= 15 is 0 Å². The third kappa shape index (κ3) is 1.53. The Morgan fingerprint density at radius 2 is 2.43 bits per heavy atom. The third-order valence-electron chi connectivity index (χ3n) is 1.90. The SMILES string of the molecule is CCOc1[c]cc(Cl)c2cccnc12. The van der Waals surface area contributed by atoms with Crippen LogP contribution in [0, 0.1) is 6.07 Å². The summed E-state index contributed by atoms with van der Waals surface area (Å²) in [6.45, 7) is 2.53. The smallest absolute Gasteiger partial charge is 0.153 e. The van der Waals surface area contributed by atoms with Crippen LogP contribution in [0.25, 0.3) is 10.9 Å². The van der Waals surface area contributed by atoms with Gasteiger partial charge >= 0.3 is 0 Å². The first-order valence-electron chi connectivity index (χ1n) is 4.40. The lowest BCUT2D eigenvalue weighted by atomic mass is 10.2. The van der Waals surface area contributed by atoms with E-state index in [1.54, 1.807) is 12.3 Å². The highest BCUT2D eigenvalue weighted by atomic mass is 35.5. The summed E-state index contributed by atoms with van der Waals surface area (Å²) in [4.78, 5) is 4.22. The van der Waals surface area contributed by atoms with E-state index < -0.39 is 0 Å². The van der Waals surface area contributed by atoms with E-state index in [1.165, 1.54) is 0 Å². The topological polar surface area (TPSA) is 22.1 Å². The lowest BCUT2D eigenvalue weighted by Crippen LogP contribution is -1.93. The summed E-state index contributed by atoms with van der Waals surface area (Å²) in [6.07, 6.45) is 1.72. The van der Waals surface area contributed by atoms with Crippen LogP contribution in [0.1, 0.15) is 6.92 Å². The molecule has 0 fully saturated rings. The summed E-state index contributed by atoms with van der Waals surface area (Å²) in [6, 6.07) is 8.44. The van der Waals surface area contributed by atoms with Gasteiger partial charge in [0.25, 0.3) is 0 Å². The fourth-order valence-electron chi connectivity index (χ4n) is 1.31. The fourth-order valence-corrected chi connectivity index (χ4v) is 1.52. The predicted octanol–water partition coefficient (Wildman–Crippen LogP) is 3.09. The maximum Gasteiger partial charge on any atom is 0.153 e. The summed E-state index contributed by atoms with van der Waals surface area (Å²) < 4.78 is 5.40. The first-order valence-corrected chi connectivity index (χ1v) is 4.78. The average molecular weight is 207 g/mol. The molecule has 0 saturated carbocycles. The second-order valence-corrected chi connectivity index (χ2v) is 3.21. The Hall–Kier alpha value is -1.28. The molecule has 0 amide bonds. The normalized spacial score (nSPS) is 10.4. The quantitative estimate of drug-likeness (QED) is 0.754. The lowest BCUT2D eigenvalue weighted by Gasteiger charge is -2.06. The van der Waals surface area contributed by atoms with Gasteiger partial charge in [0.05, 0.1) is 11.6 Å². The molecule has 0 unspecified atom stereocenters. The van der Waals surface area contributed by atoms with Crippen molar-refractivity contribution in [3.63, 3.8) is 0 Å². The van der Waals surface area contributed by atoms with Gasteiger partial charge in [-0.1, -0.05) is 11.6 Å². The molecule has 0 aliphatic heterocycles. The Morgan fingerprint density at radius 3 is 3.21 bits per heavy atom. The minimum Gasteiger partial charge on any atom is -0.491 e. The molecule has 0 aliphatic carbocycles. The van der Waals surface area contributed by atoms with Gasteiger partial charge in [0.1, 0.15) is 5.52 Å². The zero-order valence-electron chi connectivity index (χ0n) is 7.75. The molecule has 1 heterocycles. The van der Waals surface area contributed by atoms with Crippen LogP contribution in [0.15, 0.2) is 24.4 Å². The van der Waals surface area contributed by atoms with Crippen LogP contribution in [0.3, 0.4) is 0 Å². The molecule has 3 heteroatoms. The van der Waals surface area contributed by atoms with Crippen molar-refractivity contribution in [3.05, 3.63) is 35.5 Å². The van der Waals surface area contributed by atoms with Crippen LogP contribution < -0.4 is 4.74 Å². The highest BCUT2D eigenvalue weighted by molar-refractivity contribution is 6.35. The summed E-state index contributed by atoms with van der Waals surface area (Å²) in [5.74, 6) is 0.660. The molecule has 1 aromatic heterocycles. The Bertz CT molecular complexity index is 456. The summed E-state index contributed by atoms with van der Waals surface area (Å²) in [7, 11) is 0. The molecular weight excluding hydrogens is 198 g/mol. The van der Waals surface area contributed by atoms with Crippen LogP contribution in [0.5, 0.6) is 5.75 Å². The van der Waals surface area contributed by atoms with Gasteiger partial charge < -0.3 is 4.74 Å². The van der Waals surface area contributed by atoms with Crippen molar-refractivity contribution in [1.29, 1.82) is 0 Å². The lowest BCUT2D eigenvalue weighted by molar-refractivity contribution is 0.343. The number of nitrogens with zero attached hydrogens (tertiary/aromatic N) is 1. The van der Waals surface area contributed by atoms with Crippen molar-refractivity contribution < 1.29 is 4.74 Å². The van der Waals surface area contributed by atoms with Crippen molar-refractivity contribution in [1.82, 2.24) is 4.98 Å². The minimum absolute atomic E-state index is 0.601. The Labute approximate surface area is 87.5 Å². The maximum absolute atomic E-state index is 6.00. The molecule has 0 N–H and O–H groups in total. The zero-order valence-corrected chi connectivity index (χ0v) is 8.51. The van der Waals surface area contributed by atoms with E-state index in [9.17, 15) is 0 Å². The van der Waals surface area contributed by atoms with E-state index in [0.717, 1.165) is 10.9 Å². The van der Waals surface area contributed by atoms with E-state index in [-0.39, 0.29) is 0 Å². The minimum atomic E-state index is 0.601. The molecule has 1 aromatic carbocycles. The number of fused-ring (bicyclic) bond motifs is 1. The molecule has 0 atom stereocenters. The summed E-state index contributed by atoms with van der Waals surface area (Å²) >= 11 is 6.00.